The van der Waals surface area contributed by atoms with Gasteiger partial charge in [0.15, 0.2) is 5.11 Å². The molecular formula is C10H9FN2OS. The van der Waals surface area contributed by atoms with Crippen LogP contribution in [-0.4, -0.2) is 29.5 Å². The molecule has 0 aliphatic carbocycles. The summed E-state index contributed by atoms with van der Waals surface area (Å²) in [5.41, 5.74) is 0.607. The number of hydrogen-bond acceptors (Lipinski definition) is 2. The van der Waals surface area contributed by atoms with Crippen molar-refractivity contribution in [2.45, 2.75) is 0 Å². The summed E-state index contributed by atoms with van der Waals surface area (Å²) in [6.45, 7) is 0.274. The van der Waals surface area contributed by atoms with Crippen molar-refractivity contribution in [1.29, 1.82) is 0 Å². The van der Waals surface area contributed by atoms with Crippen LogP contribution in [0, 0.1) is 5.82 Å². The van der Waals surface area contributed by atoms with Gasteiger partial charge >= 0.3 is 0 Å². The molecule has 0 saturated carbocycles. The van der Waals surface area contributed by atoms with Crippen LogP contribution in [0.3, 0.4) is 0 Å². The van der Waals surface area contributed by atoms with Crippen LogP contribution in [0.4, 0.5) is 10.1 Å². The van der Waals surface area contributed by atoms with Crippen molar-refractivity contribution in [1.82, 2.24) is 4.90 Å². The van der Waals surface area contributed by atoms with Crippen molar-refractivity contribution < 1.29 is 9.18 Å². The van der Waals surface area contributed by atoms with Gasteiger partial charge in [0, 0.05) is 7.05 Å². The SMILES string of the molecule is CN1CC(=O)N(c2ccc(F)cc2)C1=S. The van der Waals surface area contributed by atoms with Crippen molar-refractivity contribution >= 4 is 28.9 Å². The molecular weight excluding hydrogens is 215 g/mol. The molecule has 1 aliphatic rings. The molecule has 15 heavy (non-hydrogen) atoms. The van der Waals surface area contributed by atoms with Gasteiger partial charge in [-0.2, -0.15) is 0 Å². The Hall–Kier alpha value is -1.49. The first kappa shape index (κ1) is 10.0. The number of amides is 1. The third-order valence-electron chi connectivity index (χ3n) is 2.22. The number of carbonyl (C=O) groups is 1. The van der Waals surface area contributed by atoms with E-state index in [1.807, 2.05) is 0 Å². The average molecular weight is 224 g/mol. The molecule has 1 aliphatic heterocycles. The van der Waals surface area contributed by atoms with E-state index in [0.29, 0.717) is 10.8 Å². The van der Waals surface area contributed by atoms with Gasteiger partial charge in [-0.15, -0.1) is 0 Å². The van der Waals surface area contributed by atoms with E-state index in [0.717, 1.165) is 0 Å². The molecule has 1 amide bonds. The molecule has 0 bridgehead atoms. The van der Waals surface area contributed by atoms with Gasteiger partial charge in [-0.05, 0) is 36.5 Å². The first-order chi connectivity index (χ1) is 7.09. The molecule has 3 nitrogen and oxygen atoms in total. The lowest BCUT2D eigenvalue weighted by molar-refractivity contribution is -0.116. The zero-order valence-electron chi connectivity index (χ0n) is 8.11. The summed E-state index contributed by atoms with van der Waals surface area (Å²) in [5.74, 6) is -0.418. The minimum Gasteiger partial charge on any atom is -0.342 e. The summed E-state index contributed by atoms with van der Waals surface area (Å²) in [6.07, 6.45) is 0. The average Bonchev–Trinajstić information content (AvgIpc) is 2.44. The quantitative estimate of drug-likeness (QED) is 0.673. The molecule has 1 aromatic carbocycles. The van der Waals surface area contributed by atoms with Crippen molar-refractivity contribution in [2.75, 3.05) is 18.5 Å². The molecule has 0 spiro atoms. The number of hydrogen-bond donors (Lipinski definition) is 0. The Labute approximate surface area is 92.1 Å². The van der Waals surface area contributed by atoms with Gasteiger partial charge in [0.25, 0.3) is 5.91 Å². The Bertz CT molecular complexity index is 418. The molecule has 2 rings (SSSR count). The van der Waals surface area contributed by atoms with Crippen molar-refractivity contribution in [3.05, 3.63) is 30.1 Å². The highest BCUT2D eigenvalue weighted by Gasteiger charge is 2.31. The second kappa shape index (κ2) is 3.58. The number of carbonyl (C=O) groups excluding carboxylic acids is 1. The second-order valence-electron chi connectivity index (χ2n) is 3.34. The molecule has 1 aromatic rings. The van der Waals surface area contributed by atoms with Crippen LogP contribution in [0.15, 0.2) is 24.3 Å². The van der Waals surface area contributed by atoms with Crippen LogP contribution in [0.1, 0.15) is 0 Å². The molecule has 1 heterocycles. The van der Waals surface area contributed by atoms with Crippen LogP contribution in [0.5, 0.6) is 0 Å². The third kappa shape index (κ3) is 1.70. The number of benzene rings is 1. The van der Waals surface area contributed by atoms with Crippen molar-refractivity contribution in [3.63, 3.8) is 0 Å². The summed E-state index contributed by atoms with van der Waals surface area (Å²) in [7, 11) is 1.75. The van der Waals surface area contributed by atoms with E-state index < -0.39 is 0 Å². The summed E-state index contributed by atoms with van der Waals surface area (Å²) in [4.78, 5) is 14.7. The summed E-state index contributed by atoms with van der Waals surface area (Å²) in [6, 6.07) is 5.70. The topological polar surface area (TPSA) is 23.6 Å². The highest BCUT2D eigenvalue weighted by molar-refractivity contribution is 7.80. The molecule has 0 N–H and O–H groups in total. The predicted octanol–water partition coefficient (Wildman–Crippen LogP) is 1.39. The van der Waals surface area contributed by atoms with Crippen molar-refractivity contribution in [3.8, 4) is 0 Å². The highest BCUT2D eigenvalue weighted by Crippen LogP contribution is 2.20. The number of halogens is 1. The zero-order chi connectivity index (χ0) is 11.0. The lowest BCUT2D eigenvalue weighted by atomic mass is 10.3. The smallest absolute Gasteiger partial charge is 0.252 e. The van der Waals surface area contributed by atoms with Crippen LogP contribution >= 0.6 is 12.2 Å². The van der Waals surface area contributed by atoms with Crippen molar-refractivity contribution in [2.24, 2.45) is 0 Å². The lowest BCUT2D eigenvalue weighted by Crippen LogP contribution is -2.31. The number of nitrogens with zero attached hydrogens (tertiary/aromatic N) is 2. The minimum absolute atomic E-state index is 0.0888. The molecule has 1 saturated heterocycles. The van der Waals surface area contributed by atoms with E-state index in [2.05, 4.69) is 0 Å². The second-order valence-corrected chi connectivity index (χ2v) is 3.71. The van der Waals surface area contributed by atoms with Gasteiger partial charge < -0.3 is 4.90 Å². The molecule has 78 valence electrons. The van der Waals surface area contributed by atoms with Gasteiger partial charge in [0.2, 0.25) is 0 Å². The Morgan fingerprint density at radius 2 is 1.93 bits per heavy atom. The maximum atomic E-state index is 12.7. The number of rotatable bonds is 1. The first-order valence-corrected chi connectivity index (χ1v) is 4.84. The summed E-state index contributed by atoms with van der Waals surface area (Å²) < 4.78 is 12.7. The fraction of sp³-hybridized carbons (Fsp3) is 0.200. The fourth-order valence-corrected chi connectivity index (χ4v) is 1.73. The Morgan fingerprint density at radius 1 is 1.33 bits per heavy atom. The largest absolute Gasteiger partial charge is 0.342 e. The van der Waals surface area contributed by atoms with Crippen LogP contribution < -0.4 is 4.90 Å². The molecule has 0 aromatic heterocycles. The van der Waals surface area contributed by atoms with Gasteiger partial charge in [-0.3, -0.25) is 9.69 Å². The van der Waals surface area contributed by atoms with Gasteiger partial charge in [-0.1, -0.05) is 0 Å². The van der Waals surface area contributed by atoms with E-state index in [9.17, 15) is 9.18 Å². The van der Waals surface area contributed by atoms with Crippen LogP contribution in [-0.2, 0) is 4.79 Å². The Balaban J connectivity index is 2.35. The number of anilines is 1. The zero-order valence-corrected chi connectivity index (χ0v) is 8.92. The van der Waals surface area contributed by atoms with E-state index in [1.165, 1.54) is 17.0 Å². The first-order valence-electron chi connectivity index (χ1n) is 4.43. The minimum atomic E-state index is -0.329. The maximum Gasteiger partial charge on any atom is 0.252 e. The summed E-state index contributed by atoms with van der Waals surface area (Å²) in [5, 5.41) is 0.451. The summed E-state index contributed by atoms with van der Waals surface area (Å²) >= 11 is 5.09. The van der Waals surface area contributed by atoms with E-state index in [4.69, 9.17) is 12.2 Å². The lowest BCUT2D eigenvalue weighted by Gasteiger charge is -2.16. The molecule has 5 heteroatoms. The fourth-order valence-electron chi connectivity index (χ4n) is 1.46. The number of thiocarbonyl (C=S) groups is 1. The van der Waals surface area contributed by atoms with Crippen LogP contribution in [0.25, 0.3) is 0 Å². The molecule has 0 unspecified atom stereocenters. The maximum absolute atomic E-state index is 12.7. The van der Waals surface area contributed by atoms with Crippen LogP contribution in [0.2, 0.25) is 0 Å². The highest BCUT2D eigenvalue weighted by atomic mass is 32.1. The molecule has 1 fully saturated rings. The van der Waals surface area contributed by atoms with E-state index >= 15 is 0 Å². The standard InChI is InChI=1S/C10H9FN2OS/c1-12-6-9(14)13(10(12)15)8-4-2-7(11)3-5-8/h2-5H,6H2,1H3. The molecule has 0 atom stereocenters. The number of likely N-dealkylation sites (N-methyl/N-ethyl adjacent to an activating group) is 1. The van der Waals surface area contributed by atoms with Gasteiger partial charge in [-0.25, -0.2) is 4.39 Å². The predicted molar refractivity (Wildman–Crippen MR) is 59.1 cm³/mol. The Morgan fingerprint density at radius 3 is 2.40 bits per heavy atom. The third-order valence-corrected chi connectivity index (χ3v) is 2.72. The normalized spacial score (nSPS) is 16.4. The van der Waals surface area contributed by atoms with Gasteiger partial charge in [0.05, 0.1) is 12.2 Å². The van der Waals surface area contributed by atoms with E-state index in [1.54, 1.807) is 24.1 Å². The molecule has 0 radical (unpaired) electrons. The van der Waals surface area contributed by atoms with Gasteiger partial charge in [0.1, 0.15) is 5.82 Å². The Kier molecular flexibility index (Phi) is 2.40. The van der Waals surface area contributed by atoms with E-state index in [-0.39, 0.29) is 18.3 Å². The monoisotopic (exact) mass is 224 g/mol.